The van der Waals surface area contributed by atoms with Gasteiger partial charge in [0.25, 0.3) is 5.91 Å². The van der Waals surface area contributed by atoms with E-state index in [9.17, 15) is 14.7 Å². The number of carbonyl (C=O) groups excluding carboxylic acids is 2. The van der Waals surface area contributed by atoms with Crippen LogP contribution in [0.15, 0.2) is 47.7 Å². The molecule has 40 heavy (non-hydrogen) atoms. The number of aromatic nitrogens is 2. The van der Waals surface area contributed by atoms with Crippen molar-refractivity contribution in [1.29, 1.82) is 0 Å². The maximum absolute atomic E-state index is 14.0. The van der Waals surface area contributed by atoms with Gasteiger partial charge >= 0.3 is 0 Å². The Morgan fingerprint density at radius 1 is 1.02 bits per heavy atom. The molecule has 0 saturated heterocycles. The van der Waals surface area contributed by atoms with Gasteiger partial charge in [-0.1, -0.05) is 36.8 Å². The van der Waals surface area contributed by atoms with E-state index in [1.54, 1.807) is 19.1 Å². The van der Waals surface area contributed by atoms with Crippen LogP contribution < -0.4 is 14.4 Å². The second-order valence-corrected chi connectivity index (χ2v) is 11.8. The molecular formula is C30H31N3O5S2. The lowest BCUT2D eigenvalue weighted by Gasteiger charge is -2.25. The van der Waals surface area contributed by atoms with Crippen LogP contribution in [-0.2, 0) is 4.79 Å². The van der Waals surface area contributed by atoms with Crippen LogP contribution in [0.5, 0.6) is 11.5 Å². The third kappa shape index (κ3) is 5.09. The minimum absolute atomic E-state index is 0.00529. The second-order valence-electron chi connectivity index (χ2n) is 9.63. The lowest BCUT2D eigenvalue weighted by atomic mass is 9.95. The number of aliphatic hydroxyl groups is 1. The van der Waals surface area contributed by atoms with Crippen LogP contribution in [0.3, 0.4) is 0 Å². The maximum Gasteiger partial charge on any atom is 0.296 e. The van der Waals surface area contributed by atoms with Gasteiger partial charge in [0.05, 0.1) is 50.6 Å². The monoisotopic (exact) mass is 577 g/mol. The van der Waals surface area contributed by atoms with Crippen molar-refractivity contribution in [2.75, 3.05) is 18.1 Å². The number of anilines is 1. The number of rotatable bonds is 10. The molecule has 1 atom stereocenters. The number of benzene rings is 2. The van der Waals surface area contributed by atoms with Gasteiger partial charge in [-0.25, -0.2) is 9.97 Å². The Morgan fingerprint density at radius 2 is 1.82 bits per heavy atom. The Bertz CT molecular complexity index is 1640. The summed E-state index contributed by atoms with van der Waals surface area (Å²) in [5.41, 5.74) is 2.96. The summed E-state index contributed by atoms with van der Waals surface area (Å²) in [5.74, 6) is -0.604. The van der Waals surface area contributed by atoms with E-state index in [4.69, 9.17) is 14.5 Å². The summed E-state index contributed by atoms with van der Waals surface area (Å²) >= 11 is 2.58. The molecule has 5 rings (SSSR count). The fraction of sp³-hybridized carbons (Fsp3) is 0.333. The Balaban J connectivity index is 1.66. The summed E-state index contributed by atoms with van der Waals surface area (Å²) < 4.78 is 12.8. The first-order valence-corrected chi connectivity index (χ1v) is 14.9. The first kappa shape index (κ1) is 27.8. The van der Waals surface area contributed by atoms with E-state index in [1.807, 2.05) is 45.0 Å². The molecule has 0 bridgehead atoms. The van der Waals surface area contributed by atoms with Gasteiger partial charge in [0.2, 0.25) is 5.78 Å². The van der Waals surface area contributed by atoms with Crippen molar-refractivity contribution in [2.45, 2.75) is 53.5 Å². The number of carbonyl (C=O) groups is 2. The van der Waals surface area contributed by atoms with E-state index in [2.05, 4.69) is 11.9 Å². The number of Topliss-reactive ketones (excluding diaryl/α,β-unsaturated/α-hetero) is 1. The molecule has 1 aliphatic heterocycles. The molecule has 1 amide bonds. The summed E-state index contributed by atoms with van der Waals surface area (Å²) in [4.78, 5) is 38.6. The van der Waals surface area contributed by atoms with Crippen LogP contribution in [0.1, 0.15) is 64.2 Å². The second kappa shape index (κ2) is 11.4. The fourth-order valence-corrected chi connectivity index (χ4v) is 6.71. The van der Waals surface area contributed by atoms with Gasteiger partial charge in [0, 0.05) is 0 Å². The SMILES string of the molecule is CCCCOc1ccc(C2C(C(=O)c3sc(C)nc3C)=C(O)C(=O)N2c2nc3ccc(C)cc3s2)cc1OCC. The molecule has 1 N–H and O–H groups in total. The average molecular weight is 578 g/mol. The summed E-state index contributed by atoms with van der Waals surface area (Å²) in [6.07, 6.45) is 1.90. The van der Waals surface area contributed by atoms with Crippen molar-refractivity contribution in [3.05, 3.63) is 74.4 Å². The summed E-state index contributed by atoms with van der Waals surface area (Å²) in [7, 11) is 0. The molecule has 208 valence electrons. The van der Waals surface area contributed by atoms with Crippen molar-refractivity contribution in [1.82, 2.24) is 9.97 Å². The van der Waals surface area contributed by atoms with Crippen LogP contribution >= 0.6 is 22.7 Å². The average Bonchev–Trinajstić information content (AvgIpc) is 3.57. The Labute approximate surface area is 240 Å². The number of aliphatic hydroxyl groups excluding tert-OH is 1. The first-order chi connectivity index (χ1) is 19.2. The van der Waals surface area contributed by atoms with Crippen molar-refractivity contribution in [3.63, 3.8) is 0 Å². The molecule has 0 saturated carbocycles. The largest absolute Gasteiger partial charge is 0.503 e. The molecule has 10 heteroatoms. The van der Waals surface area contributed by atoms with E-state index < -0.39 is 23.5 Å². The highest BCUT2D eigenvalue weighted by molar-refractivity contribution is 7.22. The summed E-state index contributed by atoms with van der Waals surface area (Å²) in [6, 6.07) is 10.3. The maximum atomic E-state index is 14.0. The van der Waals surface area contributed by atoms with Crippen molar-refractivity contribution in [3.8, 4) is 11.5 Å². The molecule has 1 unspecified atom stereocenters. The normalized spacial score (nSPS) is 15.4. The third-order valence-corrected chi connectivity index (χ3v) is 8.73. The highest BCUT2D eigenvalue weighted by Gasteiger charge is 2.46. The molecule has 8 nitrogen and oxygen atoms in total. The molecule has 2 aromatic heterocycles. The number of nitrogens with zero attached hydrogens (tertiary/aromatic N) is 3. The number of ketones is 1. The van der Waals surface area contributed by atoms with E-state index in [1.165, 1.54) is 27.6 Å². The molecule has 0 radical (unpaired) electrons. The van der Waals surface area contributed by atoms with Gasteiger partial charge in [-0.3, -0.25) is 14.5 Å². The van der Waals surface area contributed by atoms with Crippen LogP contribution in [0.2, 0.25) is 0 Å². The number of amides is 1. The third-order valence-electron chi connectivity index (χ3n) is 6.64. The predicted molar refractivity (Wildman–Crippen MR) is 158 cm³/mol. The number of thiazole rings is 2. The number of ether oxygens (including phenoxy) is 2. The zero-order valence-electron chi connectivity index (χ0n) is 23.1. The smallest absolute Gasteiger partial charge is 0.296 e. The molecule has 2 aromatic carbocycles. The number of hydrogen-bond acceptors (Lipinski definition) is 9. The molecule has 0 fully saturated rings. The lowest BCUT2D eigenvalue weighted by molar-refractivity contribution is -0.117. The Hall–Kier alpha value is -3.76. The van der Waals surface area contributed by atoms with Gasteiger partial charge in [-0.05, 0) is 69.5 Å². The predicted octanol–water partition coefficient (Wildman–Crippen LogP) is 7.04. The van der Waals surface area contributed by atoms with Gasteiger partial charge in [-0.2, -0.15) is 0 Å². The highest BCUT2D eigenvalue weighted by Crippen LogP contribution is 2.46. The molecule has 0 spiro atoms. The number of unbranched alkanes of at least 4 members (excludes halogenated alkanes) is 1. The summed E-state index contributed by atoms with van der Waals surface area (Å²) in [6.45, 7) is 10.5. The van der Waals surface area contributed by atoms with Crippen LogP contribution in [0, 0.1) is 20.8 Å². The Morgan fingerprint density at radius 3 is 2.52 bits per heavy atom. The molecule has 4 aromatic rings. The highest BCUT2D eigenvalue weighted by atomic mass is 32.1. The molecule has 0 aliphatic carbocycles. The van der Waals surface area contributed by atoms with Gasteiger partial charge in [0.15, 0.2) is 22.4 Å². The molecular weight excluding hydrogens is 546 g/mol. The van der Waals surface area contributed by atoms with Crippen molar-refractivity contribution >= 4 is 49.7 Å². The lowest BCUT2D eigenvalue weighted by Crippen LogP contribution is -2.31. The number of hydrogen-bond donors (Lipinski definition) is 1. The Kier molecular flexibility index (Phi) is 7.91. The van der Waals surface area contributed by atoms with Crippen LogP contribution in [0.4, 0.5) is 5.13 Å². The van der Waals surface area contributed by atoms with E-state index in [0.717, 1.165) is 33.6 Å². The summed E-state index contributed by atoms with van der Waals surface area (Å²) in [5, 5.41) is 12.3. The van der Waals surface area contributed by atoms with E-state index in [-0.39, 0.29) is 5.57 Å². The van der Waals surface area contributed by atoms with Gasteiger partial charge < -0.3 is 14.6 Å². The molecule has 1 aliphatic rings. The van der Waals surface area contributed by atoms with E-state index in [0.29, 0.717) is 46.0 Å². The number of aryl methyl sites for hydroxylation is 3. The van der Waals surface area contributed by atoms with Crippen LogP contribution in [-0.4, -0.2) is 40.0 Å². The first-order valence-electron chi connectivity index (χ1n) is 13.3. The van der Waals surface area contributed by atoms with Crippen molar-refractivity contribution < 1.29 is 24.2 Å². The van der Waals surface area contributed by atoms with E-state index >= 15 is 0 Å². The minimum Gasteiger partial charge on any atom is -0.503 e. The minimum atomic E-state index is -0.924. The van der Waals surface area contributed by atoms with Crippen molar-refractivity contribution in [2.24, 2.45) is 0 Å². The quantitative estimate of drug-likeness (QED) is 0.159. The zero-order valence-corrected chi connectivity index (χ0v) is 24.7. The molecule has 3 heterocycles. The van der Waals surface area contributed by atoms with Gasteiger partial charge in [0.1, 0.15) is 0 Å². The van der Waals surface area contributed by atoms with Crippen LogP contribution in [0.25, 0.3) is 10.2 Å². The zero-order chi connectivity index (χ0) is 28.6. The topological polar surface area (TPSA) is 102 Å². The number of fused-ring (bicyclic) bond motifs is 1. The fourth-order valence-electron chi connectivity index (χ4n) is 4.75. The van der Waals surface area contributed by atoms with Gasteiger partial charge in [-0.15, -0.1) is 11.3 Å². The standard InChI is InChI=1S/C30H31N3O5S2/c1-6-8-13-38-21-12-10-19(15-22(21)37-7-2)25-24(26(34)28-17(4)31-18(5)39-28)27(35)29(36)33(25)30-32-20-11-9-16(3)14-23(20)40-30/h9-12,14-15,25,35H,6-8,13H2,1-5H3.